The van der Waals surface area contributed by atoms with Gasteiger partial charge in [0, 0.05) is 26.6 Å². The Bertz CT molecular complexity index is 381. The number of rotatable bonds is 1. The predicted molar refractivity (Wildman–Crippen MR) is 69.6 cm³/mol. The summed E-state index contributed by atoms with van der Waals surface area (Å²) in [5.74, 6) is 0.217. The lowest BCUT2D eigenvalue weighted by Gasteiger charge is -2.22. The van der Waals surface area contributed by atoms with E-state index in [4.69, 9.17) is 0 Å². The Morgan fingerprint density at radius 2 is 1.88 bits per heavy atom. The molecule has 2 rings (SSSR count). The number of hydrogen-bond donors (Lipinski definition) is 0. The van der Waals surface area contributed by atoms with Gasteiger partial charge in [-0.3, -0.25) is 4.79 Å². The van der Waals surface area contributed by atoms with E-state index in [1.807, 2.05) is 37.1 Å². The number of fused-ring (bicyclic) bond motifs is 1. The predicted octanol–water partition coefficient (Wildman–Crippen LogP) is 2.30. The lowest BCUT2D eigenvalue weighted by molar-refractivity contribution is -0.118. The van der Waals surface area contributed by atoms with E-state index in [9.17, 15) is 4.79 Å². The number of halogens is 1. The van der Waals surface area contributed by atoms with Crippen molar-refractivity contribution < 1.29 is 4.79 Å². The first kappa shape index (κ1) is 12.8. The molecule has 0 N–H and O–H groups in total. The fourth-order valence-corrected chi connectivity index (χ4v) is 2.02. The molecule has 0 unspecified atom stereocenters. The third kappa shape index (κ3) is 2.14. The smallest absolute Gasteiger partial charge is 0.228 e. The molecule has 1 amide bonds. The summed E-state index contributed by atoms with van der Waals surface area (Å²) < 4.78 is 0. The summed E-state index contributed by atoms with van der Waals surface area (Å²) in [4.78, 5) is 15.9. The third-order valence-electron chi connectivity index (χ3n) is 2.86. The second-order valence-corrected chi connectivity index (χ2v) is 3.80. The van der Waals surface area contributed by atoms with Crippen LogP contribution in [-0.4, -0.2) is 26.0 Å². The van der Waals surface area contributed by atoms with E-state index < -0.39 is 0 Å². The number of para-hydroxylation sites is 2. The number of nitrogens with zero attached hydrogens (tertiary/aromatic N) is 2. The van der Waals surface area contributed by atoms with Crippen LogP contribution in [0.15, 0.2) is 24.3 Å². The molecule has 1 aliphatic heterocycles. The number of carbonyl (C=O) groups is 1. The van der Waals surface area contributed by atoms with Gasteiger partial charge >= 0.3 is 0 Å². The zero-order chi connectivity index (χ0) is 10.8. The summed E-state index contributed by atoms with van der Waals surface area (Å²) in [5.41, 5.74) is 2.18. The molecular weight excluding hydrogens is 224 g/mol. The van der Waals surface area contributed by atoms with Crippen molar-refractivity contribution in [2.45, 2.75) is 13.3 Å². The van der Waals surface area contributed by atoms with Crippen molar-refractivity contribution in [3.05, 3.63) is 24.3 Å². The van der Waals surface area contributed by atoms with Crippen LogP contribution in [0, 0.1) is 0 Å². The first-order valence-electron chi connectivity index (χ1n) is 5.34. The zero-order valence-electron chi connectivity index (χ0n) is 9.64. The topological polar surface area (TPSA) is 23.6 Å². The molecule has 0 spiro atoms. The van der Waals surface area contributed by atoms with Gasteiger partial charge in [-0.05, 0) is 19.1 Å². The zero-order valence-corrected chi connectivity index (χ0v) is 10.5. The molecule has 16 heavy (non-hydrogen) atoms. The van der Waals surface area contributed by atoms with Crippen molar-refractivity contribution in [2.75, 3.05) is 29.9 Å². The fraction of sp³-hybridized carbons (Fsp3) is 0.417. The van der Waals surface area contributed by atoms with Gasteiger partial charge in [0.2, 0.25) is 5.91 Å². The summed E-state index contributed by atoms with van der Waals surface area (Å²) in [6.45, 7) is 3.55. The summed E-state index contributed by atoms with van der Waals surface area (Å²) in [5, 5.41) is 0. The monoisotopic (exact) mass is 240 g/mol. The molecule has 0 bridgehead atoms. The van der Waals surface area contributed by atoms with E-state index in [1.54, 1.807) is 0 Å². The molecule has 1 aliphatic rings. The van der Waals surface area contributed by atoms with Gasteiger partial charge in [-0.25, -0.2) is 0 Å². The van der Waals surface area contributed by atoms with Crippen molar-refractivity contribution in [3.63, 3.8) is 0 Å². The molecule has 4 heteroatoms. The van der Waals surface area contributed by atoms with Crippen LogP contribution in [0.25, 0.3) is 0 Å². The van der Waals surface area contributed by atoms with Gasteiger partial charge in [-0.1, -0.05) is 12.1 Å². The van der Waals surface area contributed by atoms with Crippen LogP contribution < -0.4 is 9.80 Å². The van der Waals surface area contributed by atoms with Gasteiger partial charge in [-0.2, -0.15) is 0 Å². The van der Waals surface area contributed by atoms with Crippen LogP contribution in [0.3, 0.4) is 0 Å². The van der Waals surface area contributed by atoms with E-state index in [-0.39, 0.29) is 18.3 Å². The molecule has 1 heterocycles. The second kappa shape index (κ2) is 5.21. The standard InChI is InChI=1S/C12H16N2O.ClH/c1-3-14-11-7-5-4-6-10(11)13(2)9-8-12(14)15;/h4-7H,3,8-9H2,1-2H3;1H. The van der Waals surface area contributed by atoms with Gasteiger partial charge in [0.15, 0.2) is 0 Å². The first-order chi connectivity index (χ1) is 7.24. The van der Waals surface area contributed by atoms with E-state index in [0.29, 0.717) is 6.42 Å². The number of anilines is 2. The number of amides is 1. The van der Waals surface area contributed by atoms with E-state index in [1.165, 1.54) is 0 Å². The van der Waals surface area contributed by atoms with Crippen LogP contribution in [-0.2, 0) is 4.79 Å². The van der Waals surface area contributed by atoms with Crippen LogP contribution in [0.2, 0.25) is 0 Å². The maximum absolute atomic E-state index is 11.9. The van der Waals surface area contributed by atoms with E-state index >= 15 is 0 Å². The fourth-order valence-electron chi connectivity index (χ4n) is 2.02. The lowest BCUT2D eigenvalue weighted by atomic mass is 10.2. The molecule has 3 nitrogen and oxygen atoms in total. The average Bonchev–Trinajstić information content (AvgIpc) is 2.38. The lowest BCUT2D eigenvalue weighted by Crippen LogP contribution is -2.29. The van der Waals surface area contributed by atoms with Crippen molar-refractivity contribution in [1.82, 2.24) is 0 Å². The summed E-state index contributed by atoms with van der Waals surface area (Å²) in [7, 11) is 2.03. The quantitative estimate of drug-likeness (QED) is 0.752. The highest BCUT2D eigenvalue weighted by molar-refractivity contribution is 5.98. The van der Waals surface area contributed by atoms with Gasteiger partial charge in [0.25, 0.3) is 0 Å². The molecule has 0 fully saturated rings. The molecule has 0 saturated carbocycles. The Balaban J connectivity index is 0.00000128. The molecule has 88 valence electrons. The highest BCUT2D eigenvalue weighted by Gasteiger charge is 2.22. The Labute approximate surface area is 102 Å². The molecule has 0 atom stereocenters. The van der Waals surface area contributed by atoms with Crippen LogP contribution in [0.5, 0.6) is 0 Å². The van der Waals surface area contributed by atoms with Crippen LogP contribution in [0.1, 0.15) is 13.3 Å². The first-order valence-corrected chi connectivity index (χ1v) is 5.34. The van der Waals surface area contributed by atoms with Crippen molar-refractivity contribution in [1.29, 1.82) is 0 Å². The minimum absolute atomic E-state index is 0. The molecule has 0 aliphatic carbocycles. The SMILES string of the molecule is CCN1C(=O)CCN(C)c2ccccc21.Cl. The Hall–Kier alpha value is -1.22. The summed E-state index contributed by atoms with van der Waals surface area (Å²) >= 11 is 0. The molecule has 0 saturated heterocycles. The Morgan fingerprint density at radius 1 is 1.25 bits per heavy atom. The van der Waals surface area contributed by atoms with Crippen LogP contribution in [0.4, 0.5) is 11.4 Å². The maximum Gasteiger partial charge on any atom is 0.228 e. The molecular formula is C12H17ClN2O. The van der Waals surface area contributed by atoms with E-state index in [2.05, 4.69) is 11.0 Å². The molecule has 0 radical (unpaired) electrons. The van der Waals surface area contributed by atoms with Crippen molar-refractivity contribution in [2.24, 2.45) is 0 Å². The maximum atomic E-state index is 11.9. The number of benzene rings is 1. The highest BCUT2D eigenvalue weighted by atomic mass is 35.5. The second-order valence-electron chi connectivity index (χ2n) is 3.80. The highest BCUT2D eigenvalue weighted by Crippen LogP contribution is 2.31. The third-order valence-corrected chi connectivity index (χ3v) is 2.86. The van der Waals surface area contributed by atoms with Crippen molar-refractivity contribution >= 4 is 29.7 Å². The van der Waals surface area contributed by atoms with Gasteiger partial charge in [0.05, 0.1) is 11.4 Å². The normalized spacial score (nSPS) is 15.2. The van der Waals surface area contributed by atoms with E-state index in [0.717, 1.165) is 24.5 Å². The molecule has 1 aromatic carbocycles. The summed E-state index contributed by atoms with van der Waals surface area (Å²) in [6, 6.07) is 8.07. The van der Waals surface area contributed by atoms with Gasteiger partial charge in [0.1, 0.15) is 0 Å². The molecule has 0 aromatic heterocycles. The van der Waals surface area contributed by atoms with Gasteiger partial charge in [-0.15, -0.1) is 12.4 Å². The van der Waals surface area contributed by atoms with Gasteiger partial charge < -0.3 is 9.80 Å². The Kier molecular flexibility index (Phi) is 4.19. The minimum Gasteiger partial charge on any atom is -0.372 e. The number of hydrogen-bond acceptors (Lipinski definition) is 2. The largest absolute Gasteiger partial charge is 0.372 e. The summed E-state index contributed by atoms with van der Waals surface area (Å²) in [6.07, 6.45) is 0.596. The Morgan fingerprint density at radius 3 is 2.50 bits per heavy atom. The number of carbonyl (C=O) groups excluding carboxylic acids is 1. The molecule has 1 aromatic rings. The van der Waals surface area contributed by atoms with Crippen LogP contribution >= 0.6 is 12.4 Å². The average molecular weight is 241 g/mol. The minimum atomic E-state index is 0. The van der Waals surface area contributed by atoms with Crippen molar-refractivity contribution in [3.8, 4) is 0 Å².